The first-order valence-corrected chi connectivity index (χ1v) is 19.7. The van der Waals surface area contributed by atoms with Crippen LogP contribution in [0.3, 0.4) is 0 Å². The predicted octanol–water partition coefficient (Wildman–Crippen LogP) is -0.209. The number of amides is 6. The minimum Gasteiger partial charge on any atom is -0.480 e. The van der Waals surface area contributed by atoms with Gasteiger partial charge in [0, 0.05) is 57.9 Å². The minimum absolute atomic E-state index is 0.0233. The van der Waals surface area contributed by atoms with Gasteiger partial charge in [-0.05, 0) is 50.8 Å². The lowest BCUT2D eigenvalue weighted by atomic mass is 10.1. The molecule has 0 saturated carbocycles. The van der Waals surface area contributed by atoms with E-state index in [9.17, 15) is 52.7 Å². The fourth-order valence-corrected chi connectivity index (χ4v) is 6.25. The summed E-state index contributed by atoms with van der Waals surface area (Å²) in [6.45, 7) is -1.08. The van der Waals surface area contributed by atoms with Crippen LogP contribution in [0.5, 0.6) is 0 Å². The normalized spacial score (nSPS) is 15.8. The average molecular weight is 867 g/mol. The van der Waals surface area contributed by atoms with Gasteiger partial charge in [0.2, 0.25) is 29.5 Å². The van der Waals surface area contributed by atoms with Crippen LogP contribution >= 0.6 is 0 Å². The van der Waals surface area contributed by atoms with E-state index in [-0.39, 0.29) is 66.8 Å². The summed E-state index contributed by atoms with van der Waals surface area (Å²) in [5.74, 6) is -6.58. The fourth-order valence-electron chi connectivity index (χ4n) is 6.25. The number of aliphatic carboxylic acids is 1. The third-order valence-electron chi connectivity index (χ3n) is 9.56. The lowest BCUT2D eigenvalue weighted by Crippen LogP contribution is -2.55. The number of carbonyl (C=O) groups is 7. The van der Waals surface area contributed by atoms with Crippen LogP contribution in [0.1, 0.15) is 68.1 Å². The average Bonchev–Trinajstić information content (AvgIpc) is 3.56. The Morgan fingerprint density at radius 3 is 2.35 bits per heavy atom. The molecule has 1 aromatic heterocycles. The Labute approximate surface area is 356 Å². The minimum atomic E-state index is -3.22. The molecule has 0 unspecified atom stereocenters. The van der Waals surface area contributed by atoms with Crippen LogP contribution in [-0.4, -0.2) is 138 Å². The molecule has 1 aliphatic heterocycles. The van der Waals surface area contributed by atoms with Crippen LogP contribution in [0.25, 0.3) is 10.9 Å². The van der Waals surface area contributed by atoms with E-state index in [0.717, 1.165) is 4.90 Å². The molecule has 22 heteroatoms. The number of nitriles is 1. The van der Waals surface area contributed by atoms with Crippen LogP contribution < -0.4 is 38.1 Å². The monoisotopic (exact) mass is 866 g/mol. The van der Waals surface area contributed by atoms with Gasteiger partial charge in [-0.1, -0.05) is 12.1 Å². The molecule has 3 rings (SSSR count). The van der Waals surface area contributed by atoms with Crippen molar-refractivity contribution in [2.75, 3.05) is 45.6 Å². The molecular formula is C40H52F2N12O8. The molecule has 20 nitrogen and oxygen atoms in total. The Balaban J connectivity index is 1.67. The van der Waals surface area contributed by atoms with Gasteiger partial charge >= 0.3 is 5.97 Å². The molecule has 0 bridgehead atoms. The van der Waals surface area contributed by atoms with E-state index >= 15 is 0 Å². The van der Waals surface area contributed by atoms with Gasteiger partial charge in [0.1, 0.15) is 24.2 Å². The van der Waals surface area contributed by atoms with E-state index in [2.05, 4.69) is 42.5 Å². The molecule has 0 aliphatic carbocycles. The lowest BCUT2D eigenvalue weighted by molar-refractivity contribution is -0.142. The molecular weight excluding hydrogens is 815 g/mol. The van der Waals surface area contributed by atoms with Crippen molar-refractivity contribution >= 4 is 64.0 Å². The molecule has 0 radical (unpaired) electrons. The SMILES string of the molecule is C#CC[C@H](NC(=O)[C@H](CCCN=C(N)N(C)C)NC(=O)CCC(=O)Nc1cccc2c(C(=O)NCC(=O)N3CC(F)(F)C[C@H]3C#N)ccnc12)C(=O)N[C@@H](CCCCN)C(=O)O. The van der Waals surface area contributed by atoms with Crippen molar-refractivity contribution in [1.82, 2.24) is 36.1 Å². The molecule has 334 valence electrons. The first kappa shape index (κ1) is 49.4. The summed E-state index contributed by atoms with van der Waals surface area (Å²) in [6, 6.07) is 2.42. The van der Waals surface area contributed by atoms with Gasteiger partial charge in [0.15, 0.2) is 5.96 Å². The summed E-state index contributed by atoms with van der Waals surface area (Å²) in [5.41, 5.74) is 11.7. The second kappa shape index (κ2) is 23.7. The third kappa shape index (κ3) is 15.0. The number of rotatable bonds is 22. The van der Waals surface area contributed by atoms with Gasteiger partial charge in [0.05, 0.1) is 35.9 Å². The van der Waals surface area contributed by atoms with Crippen molar-refractivity contribution in [3.05, 3.63) is 36.0 Å². The van der Waals surface area contributed by atoms with Gasteiger partial charge in [-0.2, -0.15) is 5.26 Å². The van der Waals surface area contributed by atoms with Crippen molar-refractivity contribution in [2.45, 2.75) is 87.9 Å². The summed E-state index contributed by atoms with van der Waals surface area (Å²) in [4.78, 5) is 101. The first-order chi connectivity index (χ1) is 29.4. The Bertz CT molecular complexity index is 2090. The van der Waals surface area contributed by atoms with Crippen LogP contribution in [-0.2, 0) is 28.8 Å². The Hall–Kier alpha value is -6.94. The van der Waals surface area contributed by atoms with Crippen LogP contribution in [0.2, 0.25) is 0 Å². The summed E-state index contributed by atoms with van der Waals surface area (Å²) < 4.78 is 27.7. The van der Waals surface area contributed by atoms with Crippen LogP contribution in [0.4, 0.5) is 14.5 Å². The number of carboxylic acid groups (broad SMARTS) is 1. The highest BCUT2D eigenvalue weighted by molar-refractivity contribution is 6.11. The molecule has 1 fully saturated rings. The maximum atomic E-state index is 13.8. The zero-order valence-electron chi connectivity index (χ0n) is 34.4. The highest BCUT2D eigenvalue weighted by Crippen LogP contribution is 2.31. The number of halogens is 2. The second-order valence-corrected chi connectivity index (χ2v) is 14.6. The Morgan fingerprint density at radius 2 is 1.69 bits per heavy atom. The number of unbranched alkanes of at least 4 members (excludes halogenated alkanes) is 1. The molecule has 2 heterocycles. The number of likely N-dealkylation sites (tertiary alicyclic amines) is 1. The number of aromatic nitrogens is 1. The van der Waals surface area contributed by atoms with Crippen molar-refractivity contribution in [3.63, 3.8) is 0 Å². The van der Waals surface area contributed by atoms with E-state index in [1.165, 1.54) is 30.5 Å². The molecule has 0 spiro atoms. The Morgan fingerprint density at radius 1 is 1.02 bits per heavy atom. The van der Waals surface area contributed by atoms with E-state index < -0.39 is 97.4 Å². The number of nitrogens with one attached hydrogen (secondary N) is 5. The fraction of sp³-hybridized carbons (Fsp3) is 0.500. The van der Waals surface area contributed by atoms with Gasteiger partial charge in [-0.25, -0.2) is 13.6 Å². The molecule has 62 heavy (non-hydrogen) atoms. The molecule has 1 aliphatic rings. The number of terminal acetylenes is 1. The topological polar surface area (TPSA) is 307 Å². The highest BCUT2D eigenvalue weighted by Gasteiger charge is 2.47. The number of alkyl halides is 2. The quantitative estimate of drug-likeness (QED) is 0.0329. The van der Waals surface area contributed by atoms with Crippen molar-refractivity contribution in [2.24, 2.45) is 16.5 Å². The maximum Gasteiger partial charge on any atom is 0.326 e. The van der Waals surface area contributed by atoms with E-state index in [0.29, 0.717) is 19.4 Å². The number of carboxylic acids is 1. The van der Waals surface area contributed by atoms with Crippen molar-refractivity contribution in [1.29, 1.82) is 5.26 Å². The van der Waals surface area contributed by atoms with Gasteiger partial charge in [0.25, 0.3) is 11.8 Å². The second-order valence-electron chi connectivity index (χ2n) is 14.6. The van der Waals surface area contributed by atoms with E-state index in [1.54, 1.807) is 25.1 Å². The number of aliphatic imine (C=N–C) groups is 1. The maximum absolute atomic E-state index is 13.8. The molecule has 4 atom stereocenters. The number of benzene rings is 1. The number of para-hydroxylation sites is 1. The standard InChI is InChI=1S/C40H52F2N12O8/c1-4-9-28(36(59)52-30(38(61)62)11-5-6-17-43)51-37(60)29(13-8-18-47-39(45)53(2)3)50-32(56)15-14-31(55)49-27-12-7-10-25-26(16-19-46-34(25)27)35(58)48-22-33(57)54-23-40(41,42)20-24(54)21-44/h1,7,10,12,16,19,24,28-30H,5-6,8-9,11,13-15,17-18,20,22-23,43H2,2-3H3,(H2,45,47)(H,48,58)(H,49,55)(H,50,56)(H,51,60)(H,52,59)(H,61,62)/t24-,28-,29-,30-/m0/s1. The summed E-state index contributed by atoms with van der Waals surface area (Å²) in [7, 11) is 3.38. The highest BCUT2D eigenvalue weighted by atomic mass is 19.3. The number of pyridine rings is 1. The number of nitrogens with two attached hydrogens (primary N) is 2. The predicted molar refractivity (Wildman–Crippen MR) is 222 cm³/mol. The summed E-state index contributed by atoms with van der Waals surface area (Å²) in [6.07, 6.45) is 6.22. The van der Waals surface area contributed by atoms with Crippen LogP contribution in [0.15, 0.2) is 35.5 Å². The van der Waals surface area contributed by atoms with Gasteiger partial charge < -0.3 is 53.0 Å². The van der Waals surface area contributed by atoms with Gasteiger partial charge in [-0.3, -0.25) is 38.7 Å². The number of anilines is 1. The smallest absolute Gasteiger partial charge is 0.326 e. The lowest BCUT2D eigenvalue weighted by Gasteiger charge is -2.23. The molecule has 10 N–H and O–H groups in total. The third-order valence-corrected chi connectivity index (χ3v) is 9.56. The summed E-state index contributed by atoms with van der Waals surface area (Å²) in [5, 5.41) is 31.6. The molecule has 6 amide bonds. The number of hydrogen-bond donors (Lipinski definition) is 8. The zero-order valence-corrected chi connectivity index (χ0v) is 34.4. The van der Waals surface area contributed by atoms with Crippen molar-refractivity contribution < 1.29 is 47.4 Å². The zero-order chi connectivity index (χ0) is 46.0. The number of fused-ring (bicyclic) bond motifs is 1. The summed E-state index contributed by atoms with van der Waals surface area (Å²) >= 11 is 0. The van der Waals surface area contributed by atoms with Crippen molar-refractivity contribution in [3.8, 4) is 18.4 Å². The number of nitrogens with zero attached hydrogens (tertiary/aromatic N) is 5. The molecule has 1 aromatic carbocycles. The van der Waals surface area contributed by atoms with Crippen LogP contribution in [0, 0.1) is 23.7 Å². The number of carbonyl (C=O) groups excluding carboxylic acids is 6. The largest absolute Gasteiger partial charge is 0.480 e. The Kier molecular flexibility index (Phi) is 18.9. The molecule has 1 saturated heterocycles. The number of hydrogen-bond acceptors (Lipinski definition) is 11. The van der Waals surface area contributed by atoms with E-state index in [4.69, 9.17) is 17.9 Å². The number of guanidine groups is 1. The van der Waals surface area contributed by atoms with Gasteiger partial charge in [-0.15, -0.1) is 12.3 Å². The van der Waals surface area contributed by atoms with E-state index in [1.807, 2.05) is 0 Å². The molecule has 2 aromatic rings. The first-order valence-electron chi connectivity index (χ1n) is 19.7.